The zero-order valence-corrected chi connectivity index (χ0v) is 8.03. The molecule has 2 aromatic rings. The molecule has 0 aromatic carbocycles. The molecule has 0 fully saturated rings. The third kappa shape index (κ3) is 1.57. The average molecular weight is 195 g/mol. The summed E-state index contributed by atoms with van der Waals surface area (Å²) in [5.41, 5.74) is 0. The monoisotopic (exact) mass is 195 g/mol. The van der Waals surface area contributed by atoms with Crippen molar-refractivity contribution in [2.45, 2.75) is 19.9 Å². The van der Waals surface area contributed by atoms with Gasteiger partial charge in [0.05, 0.1) is 6.20 Å². The van der Waals surface area contributed by atoms with E-state index >= 15 is 0 Å². The van der Waals surface area contributed by atoms with Gasteiger partial charge in [-0.3, -0.25) is 0 Å². The van der Waals surface area contributed by atoms with E-state index in [0.29, 0.717) is 0 Å². The smallest absolute Gasteiger partial charge is 0.177 e. The minimum atomic E-state index is 0.858. The van der Waals surface area contributed by atoms with Crippen molar-refractivity contribution in [3.8, 4) is 10.7 Å². The number of hydrogen-bond acceptors (Lipinski definition) is 5. The van der Waals surface area contributed by atoms with Crippen molar-refractivity contribution < 1.29 is 0 Å². The van der Waals surface area contributed by atoms with E-state index in [1.807, 2.05) is 4.57 Å². The van der Waals surface area contributed by atoms with Crippen molar-refractivity contribution in [2.24, 2.45) is 0 Å². The molecule has 5 nitrogen and oxygen atoms in total. The van der Waals surface area contributed by atoms with E-state index in [0.717, 1.165) is 23.7 Å². The summed E-state index contributed by atoms with van der Waals surface area (Å²) in [7, 11) is 0. The van der Waals surface area contributed by atoms with Crippen molar-refractivity contribution in [1.82, 2.24) is 24.4 Å². The first kappa shape index (κ1) is 8.31. The second kappa shape index (κ2) is 3.61. The number of aryl methyl sites for hydroxylation is 1. The van der Waals surface area contributed by atoms with E-state index in [4.69, 9.17) is 0 Å². The summed E-state index contributed by atoms with van der Waals surface area (Å²) in [5.74, 6) is 0.858. The van der Waals surface area contributed by atoms with Crippen LogP contribution in [0.4, 0.5) is 0 Å². The zero-order chi connectivity index (χ0) is 9.10. The Hall–Kier alpha value is -1.30. The van der Waals surface area contributed by atoms with Crippen LogP contribution in [0.2, 0.25) is 0 Å². The molecule has 6 heteroatoms. The molecule has 0 aliphatic rings. The highest BCUT2D eigenvalue weighted by Crippen LogP contribution is 2.18. The summed E-state index contributed by atoms with van der Waals surface area (Å²) >= 11 is 1.34. The number of hydrogen-bond donors (Lipinski definition) is 0. The van der Waals surface area contributed by atoms with Crippen molar-refractivity contribution in [3.05, 3.63) is 12.5 Å². The van der Waals surface area contributed by atoms with E-state index in [1.54, 1.807) is 12.5 Å². The van der Waals surface area contributed by atoms with Crippen molar-refractivity contribution >= 4 is 11.5 Å². The lowest BCUT2D eigenvalue weighted by Gasteiger charge is -2.00. The fourth-order valence-electron chi connectivity index (χ4n) is 1.12. The molecule has 0 spiro atoms. The van der Waals surface area contributed by atoms with Crippen LogP contribution in [0.15, 0.2) is 12.5 Å². The van der Waals surface area contributed by atoms with Gasteiger partial charge in [-0.1, -0.05) is 11.4 Å². The van der Waals surface area contributed by atoms with Gasteiger partial charge in [-0.2, -0.15) is 0 Å². The van der Waals surface area contributed by atoms with Crippen molar-refractivity contribution in [2.75, 3.05) is 0 Å². The van der Waals surface area contributed by atoms with Gasteiger partial charge in [-0.05, 0) is 18.0 Å². The van der Waals surface area contributed by atoms with Crippen LogP contribution in [0.1, 0.15) is 13.3 Å². The molecule has 0 bridgehead atoms. The maximum absolute atomic E-state index is 4.02. The molecule has 13 heavy (non-hydrogen) atoms. The van der Waals surface area contributed by atoms with Crippen molar-refractivity contribution in [3.63, 3.8) is 0 Å². The Bertz CT molecular complexity index is 366. The third-order valence-corrected chi connectivity index (χ3v) is 2.32. The molecule has 0 saturated carbocycles. The van der Waals surface area contributed by atoms with Crippen LogP contribution in [-0.4, -0.2) is 24.4 Å². The first-order valence-electron chi connectivity index (χ1n) is 4.07. The largest absolute Gasteiger partial charge is 0.313 e. The Morgan fingerprint density at radius 3 is 3.08 bits per heavy atom. The topological polar surface area (TPSA) is 56.5 Å². The van der Waals surface area contributed by atoms with Crippen LogP contribution in [0.25, 0.3) is 10.7 Å². The number of aromatic nitrogens is 5. The lowest BCUT2D eigenvalue weighted by molar-refractivity contribution is 0.683. The maximum Gasteiger partial charge on any atom is 0.177 e. The molecule has 2 heterocycles. The summed E-state index contributed by atoms with van der Waals surface area (Å²) in [5, 5.41) is 11.6. The molecule has 0 atom stereocenters. The lowest BCUT2D eigenvalue weighted by Crippen LogP contribution is -1.96. The van der Waals surface area contributed by atoms with E-state index in [-0.39, 0.29) is 0 Å². The summed E-state index contributed by atoms with van der Waals surface area (Å²) in [6, 6.07) is 0. The number of nitrogens with zero attached hydrogens (tertiary/aromatic N) is 5. The molecule has 0 aliphatic heterocycles. The summed E-state index contributed by atoms with van der Waals surface area (Å²) in [4.78, 5) is 0.964. The Kier molecular flexibility index (Phi) is 2.31. The Balaban J connectivity index is 2.35. The van der Waals surface area contributed by atoms with Gasteiger partial charge in [-0.15, -0.1) is 15.3 Å². The second-order valence-corrected chi connectivity index (χ2v) is 3.42. The maximum atomic E-state index is 4.02. The van der Waals surface area contributed by atoms with Gasteiger partial charge < -0.3 is 4.57 Å². The quantitative estimate of drug-likeness (QED) is 0.738. The van der Waals surface area contributed by atoms with Gasteiger partial charge in [0.1, 0.15) is 11.2 Å². The lowest BCUT2D eigenvalue weighted by atomic mass is 10.4. The van der Waals surface area contributed by atoms with Gasteiger partial charge in [0.2, 0.25) is 0 Å². The van der Waals surface area contributed by atoms with Crippen LogP contribution in [-0.2, 0) is 6.54 Å². The highest BCUT2D eigenvalue weighted by molar-refractivity contribution is 7.09. The predicted molar refractivity (Wildman–Crippen MR) is 49.2 cm³/mol. The van der Waals surface area contributed by atoms with Gasteiger partial charge in [0.15, 0.2) is 5.82 Å². The highest BCUT2D eigenvalue weighted by atomic mass is 32.1. The van der Waals surface area contributed by atoms with Crippen molar-refractivity contribution in [1.29, 1.82) is 0 Å². The van der Waals surface area contributed by atoms with Gasteiger partial charge in [0.25, 0.3) is 0 Å². The molecule has 0 N–H and O–H groups in total. The summed E-state index contributed by atoms with van der Waals surface area (Å²) < 4.78 is 5.80. The van der Waals surface area contributed by atoms with E-state index in [2.05, 4.69) is 26.7 Å². The first-order chi connectivity index (χ1) is 6.42. The molecule has 0 radical (unpaired) electrons. The SMILES string of the molecule is CCCn1cnnc1-c1cnns1. The average Bonchev–Trinajstić information content (AvgIpc) is 2.71. The fourth-order valence-corrected chi connectivity index (χ4v) is 1.63. The first-order valence-corrected chi connectivity index (χ1v) is 4.84. The van der Waals surface area contributed by atoms with Gasteiger partial charge >= 0.3 is 0 Å². The highest BCUT2D eigenvalue weighted by Gasteiger charge is 2.08. The minimum absolute atomic E-state index is 0.858. The Morgan fingerprint density at radius 1 is 1.46 bits per heavy atom. The molecule has 68 valence electrons. The molecular weight excluding hydrogens is 186 g/mol. The predicted octanol–water partition coefficient (Wildman–Crippen LogP) is 1.21. The van der Waals surface area contributed by atoms with E-state index < -0.39 is 0 Å². The molecular formula is C7H9N5S. The van der Waals surface area contributed by atoms with Crippen LogP contribution in [0.3, 0.4) is 0 Å². The van der Waals surface area contributed by atoms with Gasteiger partial charge in [-0.25, -0.2) is 0 Å². The standard InChI is InChI=1S/C7H9N5S/c1-2-3-12-5-9-10-7(12)6-4-8-11-13-6/h4-5H,2-3H2,1H3. The van der Waals surface area contributed by atoms with Gasteiger partial charge in [0, 0.05) is 6.54 Å². The molecule has 0 aliphatic carbocycles. The zero-order valence-electron chi connectivity index (χ0n) is 7.21. The fraction of sp³-hybridized carbons (Fsp3) is 0.429. The Labute approximate surface area is 79.6 Å². The molecule has 0 amide bonds. The summed E-state index contributed by atoms with van der Waals surface area (Å²) in [6.45, 7) is 3.05. The third-order valence-electron chi connectivity index (χ3n) is 1.66. The minimum Gasteiger partial charge on any atom is -0.313 e. The van der Waals surface area contributed by atoms with Crippen LogP contribution in [0, 0.1) is 0 Å². The van der Waals surface area contributed by atoms with E-state index in [9.17, 15) is 0 Å². The molecule has 2 aromatic heterocycles. The number of rotatable bonds is 3. The molecule has 2 rings (SSSR count). The summed E-state index contributed by atoms with van der Waals surface area (Å²) in [6.07, 6.45) is 4.51. The van der Waals surface area contributed by atoms with Crippen LogP contribution in [0.5, 0.6) is 0 Å². The van der Waals surface area contributed by atoms with E-state index in [1.165, 1.54) is 11.5 Å². The molecule has 0 saturated heterocycles. The Morgan fingerprint density at radius 2 is 2.38 bits per heavy atom. The normalized spacial score (nSPS) is 10.5. The van der Waals surface area contributed by atoms with Crippen LogP contribution >= 0.6 is 11.5 Å². The second-order valence-electron chi connectivity index (χ2n) is 2.63. The molecule has 0 unspecified atom stereocenters. The van der Waals surface area contributed by atoms with Crippen LogP contribution < -0.4 is 0 Å².